The molecule has 0 saturated heterocycles. The van der Waals surface area contributed by atoms with E-state index in [0.717, 1.165) is 12.1 Å². The smallest absolute Gasteiger partial charge is 0.338 e. The Morgan fingerprint density at radius 3 is 1.93 bits per heavy atom. The fourth-order valence-electron chi connectivity index (χ4n) is 2.09. The maximum atomic E-state index is 13.5. The van der Waals surface area contributed by atoms with Crippen LogP contribution in [0.25, 0.3) is 6.08 Å². The third kappa shape index (κ3) is 4.77. The zero-order chi connectivity index (χ0) is 21.0. The summed E-state index contributed by atoms with van der Waals surface area (Å²) in [7, 11) is 0. The fraction of sp³-hybridized carbons (Fsp3) is 0.111. The molecule has 2 N–H and O–H groups in total. The number of carbonyl (C=O) groups excluding carboxylic acids is 2. The number of rotatable bonds is 5. The number of hydrogen-bond donors (Lipinski definition) is 1. The Bertz CT molecular complexity index is 914. The minimum Gasteiger partial charge on any atom is -0.389 e. The first-order valence-electron chi connectivity index (χ1n) is 7.57. The quantitative estimate of drug-likeness (QED) is 0.208. The van der Waals surface area contributed by atoms with E-state index in [-0.39, 0.29) is 12.5 Å². The summed E-state index contributed by atoms with van der Waals surface area (Å²) in [5, 5.41) is 0. The van der Waals surface area contributed by atoms with Gasteiger partial charge in [-0.05, 0) is 30.2 Å². The predicted octanol–water partition coefficient (Wildman–Crippen LogP) is 3.17. The van der Waals surface area contributed by atoms with Crippen LogP contribution in [0, 0.1) is 34.9 Å². The van der Waals surface area contributed by atoms with Crippen molar-refractivity contribution in [3.63, 3.8) is 0 Å². The van der Waals surface area contributed by atoms with Crippen molar-refractivity contribution >= 4 is 18.0 Å². The summed E-state index contributed by atoms with van der Waals surface area (Å²) in [6.45, 7) is 0. The van der Waals surface area contributed by atoms with E-state index in [9.17, 15) is 35.9 Å². The average molecular weight is 403 g/mol. The molecule has 28 heavy (non-hydrogen) atoms. The molecule has 0 radical (unpaired) electrons. The van der Waals surface area contributed by atoms with E-state index >= 15 is 0 Å². The molecule has 2 aromatic rings. The van der Waals surface area contributed by atoms with Crippen molar-refractivity contribution in [2.45, 2.75) is 12.5 Å². The van der Waals surface area contributed by atoms with Crippen molar-refractivity contribution < 1.29 is 40.7 Å². The third-order valence-electron chi connectivity index (χ3n) is 3.50. The van der Waals surface area contributed by atoms with E-state index in [4.69, 9.17) is 5.73 Å². The second kappa shape index (κ2) is 8.70. The predicted molar refractivity (Wildman–Crippen MR) is 84.4 cm³/mol. The highest BCUT2D eigenvalue weighted by Gasteiger charge is 2.24. The molecule has 0 aromatic heterocycles. The van der Waals surface area contributed by atoms with Crippen molar-refractivity contribution in [2.75, 3.05) is 0 Å². The molecule has 0 aliphatic heterocycles. The molecule has 148 valence electrons. The van der Waals surface area contributed by atoms with Crippen molar-refractivity contribution in [1.82, 2.24) is 0 Å². The lowest BCUT2D eigenvalue weighted by Crippen LogP contribution is -2.35. The second-order valence-electron chi connectivity index (χ2n) is 5.49. The minimum absolute atomic E-state index is 0.103. The molecule has 0 spiro atoms. The van der Waals surface area contributed by atoms with Crippen LogP contribution in [0.4, 0.5) is 26.3 Å². The highest BCUT2D eigenvalue weighted by atomic mass is 19.2. The van der Waals surface area contributed by atoms with Crippen LogP contribution in [0.5, 0.6) is 0 Å². The molecule has 10 heteroatoms. The zero-order valence-corrected chi connectivity index (χ0v) is 13.8. The molecule has 0 unspecified atom stereocenters. The number of halogens is 6. The lowest BCUT2D eigenvalue weighted by Gasteiger charge is -2.09. The zero-order valence-electron chi connectivity index (χ0n) is 13.8. The van der Waals surface area contributed by atoms with Crippen LogP contribution in [0.2, 0.25) is 0 Å². The molecule has 0 amide bonds. The van der Waals surface area contributed by atoms with Gasteiger partial charge in [-0.1, -0.05) is 12.1 Å². The number of ether oxygens (including phenoxy) is 1. The van der Waals surface area contributed by atoms with Gasteiger partial charge in [0.05, 0.1) is 5.56 Å². The Balaban J connectivity index is 2.05. The van der Waals surface area contributed by atoms with Gasteiger partial charge in [-0.3, -0.25) is 0 Å². The van der Waals surface area contributed by atoms with Crippen LogP contribution in [-0.2, 0) is 20.7 Å². The monoisotopic (exact) mass is 403 g/mol. The van der Waals surface area contributed by atoms with Crippen molar-refractivity contribution in [1.29, 1.82) is 0 Å². The fourth-order valence-corrected chi connectivity index (χ4v) is 2.09. The first kappa shape index (κ1) is 21.2. The Hall–Kier alpha value is -3.14. The Labute approximate surface area is 154 Å². The normalized spacial score (nSPS) is 12.2. The molecule has 0 aliphatic rings. The van der Waals surface area contributed by atoms with E-state index in [2.05, 4.69) is 4.74 Å². The second-order valence-corrected chi connectivity index (χ2v) is 5.49. The summed E-state index contributed by atoms with van der Waals surface area (Å²) in [5.41, 5.74) is 4.63. The topological polar surface area (TPSA) is 69.4 Å². The Morgan fingerprint density at radius 2 is 1.39 bits per heavy atom. The third-order valence-corrected chi connectivity index (χ3v) is 3.50. The molecule has 0 fully saturated rings. The van der Waals surface area contributed by atoms with Gasteiger partial charge in [0.15, 0.2) is 23.3 Å². The molecule has 0 bridgehead atoms. The molecule has 4 nitrogen and oxygen atoms in total. The van der Waals surface area contributed by atoms with Gasteiger partial charge in [0.1, 0.15) is 11.9 Å². The first-order chi connectivity index (χ1) is 13.1. The SMILES string of the molecule is N[C@@H](Cc1ccc(F)cc1)C(=O)OC(=O)C=Cc1c(F)c(F)c(F)c(F)c1F. The van der Waals surface area contributed by atoms with Crippen molar-refractivity contribution in [3.05, 3.63) is 76.4 Å². The van der Waals surface area contributed by atoms with Gasteiger partial charge < -0.3 is 10.5 Å². The highest BCUT2D eigenvalue weighted by Crippen LogP contribution is 2.24. The first-order valence-corrected chi connectivity index (χ1v) is 7.57. The summed E-state index contributed by atoms with van der Waals surface area (Å²) < 4.78 is 83.2. The lowest BCUT2D eigenvalue weighted by molar-refractivity contribution is -0.157. The van der Waals surface area contributed by atoms with Crippen molar-refractivity contribution in [3.8, 4) is 0 Å². The minimum atomic E-state index is -2.35. The molecule has 0 saturated carbocycles. The Kier molecular flexibility index (Phi) is 6.57. The van der Waals surface area contributed by atoms with Crippen LogP contribution < -0.4 is 5.73 Å². The average Bonchev–Trinajstić information content (AvgIpc) is 2.66. The molecule has 2 aromatic carbocycles. The number of carbonyl (C=O) groups is 2. The maximum Gasteiger partial charge on any atom is 0.338 e. The van der Waals surface area contributed by atoms with Gasteiger partial charge in [-0.2, -0.15) is 0 Å². The van der Waals surface area contributed by atoms with Crippen LogP contribution in [-0.4, -0.2) is 18.0 Å². The number of hydrogen-bond acceptors (Lipinski definition) is 4. The van der Waals surface area contributed by atoms with Gasteiger partial charge in [0, 0.05) is 6.08 Å². The maximum absolute atomic E-state index is 13.5. The van der Waals surface area contributed by atoms with Crippen LogP contribution in [0.3, 0.4) is 0 Å². The number of nitrogens with two attached hydrogens (primary N) is 1. The largest absolute Gasteiger partial charge is 0.389 e. The van der Waals surface area contributed by atoms with Gasteiger partial charge in [-0.15, -0.1) is 0 Å². The van der Waals surface area contributed by atoms with Gasteiger partial charge in [0.2, 0.25) is 5.82 Å². The van der Waals surface area contributed by atoms with E-state index < -0.39 is 58.4 Å². The van der Waals surface area contributed by atoms with Gasteiger partial charge in [0.25, 0.3) is 0 Å². The van der Waals surface area contributed by atoms with Crippen molar-refractivity contribution in [2.24, 2.45) is 5.73 Å². The molecular weight excluding hydrogens is 392 g/mol. The van der Waals surface area contributed by atoms with E-state index in [0.29, 0.717) is 11.6 Å². The lowest BCUT2D eigenvalue weighted by atomic mass is 10.1. The summed E-state index contributed by atoms with van der Waals surface area (Å²) in [4.78, 5) is 23.3. The van der Waals surface area contributed by atoms with Gasteiger partial charge >= 0.3 is 11.9 Å². The molecule has 0 aliphatic carbocycles. The van der Waals surface area contributed by atoms with Crippen LogP contribution >= 0.6 is 0 Å². The molecule has 0 heterocycles. The van der Waals surface area contributed by atoms with Crippen LogP contribution in [0.15, 0.2) is 30.3 Å². The highest BCUT2D eigenvalue weighted by molar-refractivity contribution is 5.96. The number of esters is 2. The molecular formula is C18H11F6NO3. The number of benzene rings is 2. The molecule has 1 atom stereocenters. The van der Waals surface area contributed by atoms with E-state index in [1.54, 1.807) is 0 Å². The van der Waals surface area contributed by atoms with E-state index in [1.165, 1.54) is 12.1 Å². The summed E-state index contributed by atoms with van der Waals surface area (Å²) in [6, 6.07) is 3.65. The van der Waals surface area contributed by atoms with Crippen LogP contribution in [0.1, 0.15) is 11.1 Å². The van der Waals surface area contributed by atoms with E-state index in [1.807, 2.05) is 0 Å². The summed E-state index contributed by atoms with van der Waals surface area (Å²) in [6.07, 6.45) is 0.478. The standard InChI is InChI=1S/C18H11F6NO3/c19-9-3-1-8(2-4-9)7-11(25)18(27)28-12(26)6-5-10-13(20)15(22)17(24)16(23)14(10)21/h1-6,11H,7,25H2/t11-/m0/s1. The van der Waals surface area contributed by atoms with Gasteiger partial charge in [-0.25, -0.2) is 35.9 Å². The summed E-state index contributed by atoms with van der Waals surface area (Å²) in [5.74, 6) is -14.2. The molecule has 2 rings (SSSR count). The Morgan fingerprint density at radius 1 is 0.893 bits per heavy atom. The summed E-state index contributed by atoms with van der Waals surface area (Å²) >= 11 is 0.